The van der Waals surface area contributed by atoms with Gasteiger partial charge in [-0.15, -0.1) is 11.3 Å². The molecule has 1 rings (SSSR count). The van der Waals surface area contributed by atoms with Crippen molar-refractivity contribution in [3.63, 3.8) is 0 Å². The first-order valence-electron chi connectivity index (χ1n) is 6.87. The molecule has 0 aliphatic heterocycles. The zero-order valence-electron chi connectivity index (χ0n) is 12.1. The van der Waals surface area contributed by atoms with E-state index in [4.69, 9.17) is 4.74 Å². The molecule has 0 aliphatic rings. The van der Waals surface area contributed by atoms with E-state index < -0.39 is 10.0 Å². The van der Waals surface area contributed by atoms with Crippen LogP contribution in [-0.4, -0.2) is 35.2 Å². The monoisotopic (exact) mass is 320 g/mol. The average molecular weight is 320 g/mol. The first-order valence-corrected chi connectivity index (χ1v) is 9.23. The van der Waals surface area contributed by atoms with E-state index in [1.165, 1.54) is 11.3 Å². The molecule has 0 bridgehead atoms. The Kier molecular flexibility index (Phi) is 8.32. The number of unbranched alkanes of at least 4 members (excludes halogenated alkanes) is 1. The quantitative estimate of drug-likeness (QED) is 0.612. The highest BCUT2D eigenvalue weighted by atomic mass is 32.2. The SMILES string of the molecule is CCCNCc1sccc1S(=O)(=O)NCCCCOC. The number of sulfonamides is 1. The third-order valence-corrected chi connectivity index (χ3v) is 5.37. The van der Waals surface area contributed by atoms with E-state index in [0.717, 1.165) is 30.7 Å². The maximum Gasteiger partial charge on any atom is 0.241 e. The summed E-state index contributed by atoms with van der Waals surface area (Å²) in [6.07, 6.45) is 2.67. The van der Waals surface area contributed by atoms with Crippen molar-refractivity contribution in [3.8, 4) is 0 Å². The molecular weight excluding hydrogens is 296 g/mol. The van der Waals surface area contributed by atoms with Gasteiger partial charge in [0.2, 0.25) is 10.0 Å². The van der Waals surface area contributed by atoms with Gasteiger partial charge in [-0.2, -0.15) is 0 Å². The minimum atomic E-state index is -3.39. The standard InChI is InChI=1S/C13H24N2O3S2/c1-3-7-14-11-12-13(6-10-19-12)20(16,17)15-8-4-5-9-18-2/h6,10,14-15H,3-5,7-9,11H2,1-2H3. The molecule has 5 nitrogen and oxygen atoms in total. The fraction of sp³-hybridized carbons (Fsp3) is 0.692. The molecule has 20 heavy (non-hydrogen) atoms. The van der Waals surface area contributed by atoms with Gasteiger partial charge in [-0.1, -0.05) is 6.92 Å². The number of rotatable bonds is 11. The van der Waals surface area contributed by atoms with Crippen LogP contribution in [-0.2, 0) is 21.3 Å². The van der Waals surface area contributed by atoms with Gasteiger partial charge in [-0.25, -0.2) is 13.1 Å². The van der Waals surface area contributed by atoms with Crippen LogP contribution in [0.25, 0.3) is 0 Å². The number of nitrogens with one attached hydrogen (secondary N) is 2. The fourth-order valence-electron chi connectivity index (χ4n) is 1.73. The molecule has 0 unspecified atom stereocenters. The van der Waals surface area contributed by atoms with Gasteiger partial charge in [0.05, 0.1) is 4.90 Å². The van der Waals surface area contributed by atoms with Crippen LogP contribution in [0, 0.1) is 0 Å². The second kappa shape index (κ2) is 9.46. The fourth-order valence-corrected chi connectivity index (χ4v) is 4.22. The van der Waals surface area contributed by atoms with Crippen LogP contribution in [0.15, 0.2) is 16.3 Å². The third-order valence-electron chi connectivity index (χ3n) is 2.77. The Morgan fingerprint density at radius 1 is 1.30 bits per heavy atom. The Morgan fingerprint density at radius 3 is 2.80 bits per heavy atom. The van der Waals surface area contributed by atoms with Crippen molar-refractivity contribution < 1.29 is 13.2 Å². The molecular formula is C13H24N2O3S2. The predicted molar refractivity (Wildman–Crippen MR) is 82.6 cm³/mol. The smallest absolute Gasteiger partial charge is 0.241 e. The Bertz CT molecular complexity index is 472. The van der Waals surface area contributed by atoms with Gasteiger partial charge >= 0.3 is 0 Å². The number of hydrogen-bond acceptors (Lipinski definition) is 5. The Labute approximate surface area is 125 Å². The lowest BCUT2D eigenvalue weighted by Crippen LogP contribution is -2.26. The van der Waals surface area contributed by atoms with E-state index in [9.17, 15) is 8.42 Å². The van der Waals surface area contributed by atoms with E-state index in [-0.39, 0.29) is 0 Å². The molecule has 1 aromatic rings. The van der Waals surface area contributed by atoms with Crippen molar-refractivity contribution in [1.82, 2.24) is 10.0 Å². The number of hydrogen-bond donors (Lipinski definition) is 2. The first kappa shape index (κ1) is 17.6. The predicted octanol–water partition coefficient (Wildman–Crippen LogP) is 1.95. The highest BCUT2D eigenvalue weighted by Crippen LogP contribution is 2.21. The van der Waals surface area contributed by atoms with Gasteiger partial charge in [-0.3, -0.25) is 0 Å². The van der Waals surface area contributed by atoms with Crippen molar-refractivity contribution in [2.45, 2.75) is 37.6 Å². The van der Waals surface area contributed by atoms with Gasteiger partial charge in [0.15, 0.2) is 0 Å². The Morgan fingerprint density at radius 2 is 2.10 bits per heavy atom. The summed E-state index contributed by atoms with van der Waals surface area (Å²) in [5.41, 5.74) is 0. The molecule has 7 heteroatoms. The molecule has 0 atom stereocenters. The number of methoxy groups -OCH3 is 1. The molecule has 1 aromatic heterocycles. The lowest BCUT2D eigenvalue weighted by Gasteiger charge is -2.08. The van der Waals surface area contributed by atoms with Crippen molar-refractivity contribution >= 4 is 21.4 Å². The summed E-state index contributed by atoms with van der Waals surface area (Å²) in [5, 5.41) is 5.06. The summed E-state index contributed by atoms with van der Waals surface area (Å²) in [6, 6.07) is 1.67. The second-order valence-corrected chi connectivity index (χ2v) is 7.22. The number of thiophene rings is 1. The molecule has 0 saturated carbocycles. The molecule has 0 aromatic carbocycles. The van der Waals surface area contributed by atoms with Crippen LogP contribution in [0.5, 0.6) is 0 Å². The van der Waals surface area contributed by atoms with Crippen molar-refractivity contribution in [2.75, 3.05) is 26.8 Å². The Balaban J connectivity index is 2.52. The van der Waals surface area contributed by atoms with E-state index in [1.54, 1.807) is 13.2 Å². The zero-order chi connectivity index (χ0) is 14.8. The normalized spacial score (nSPS) is 11.9. The number of ether oxygens (including phenoxy) is 1. The maximum atomic E-state index is 12.2. The lowest BCUT2D eigenvalue weighted by atomic mass is 10.3. The largest absolute Gasteiger partial charge is 0.385 e. The minimum Gasteiger partial charge on any atom is -0.385 e. The highest BCUT2D eigenvalue weighted by Gasteiger charge is 2.18. The second-order valence-electron chi connectivity index (χ2n) is 4.48. The minimum absolute atomic E-state index is 0.401. The van der Waals surface area contributed by atoms with E-state index in [1.807, 2.05) is 5.38 Å². The van der Waals surface area contributed by atoms with Crippen molar-refractivity contribution in [2.24, 2.45) is 0 Å². The first-order chi connectivity index (χ1) is 9.61. The molecule has 0 radical (unpaired) electrons. The summed E-state index contributed by atoms with van der Waals surface area (Å²) in [4.78, 5) is 1.26. The summed E-state index contributed by atoms with van der Waals surface area (Å²) in [6.45, 7) is 4.68. The van der Waals surface area contributed by atoms with Crippen LogP contribution in [0.4, 0.5) is 0 Å². The molecule has 0 amide bonds. The topological polar surface area (TPSA) is 67.4 Å². The van der Waals surface area contributed by atoms with Crippen LogP contribution >= 0.6 is 11.3 Å². The van der Waals surface area contributed by atoms with E-state index in [2.05, 4.69) is 17.0 Å². The van der Waals surface area contributed by atoms with Crippen molar-refractivity contribution in [1.29, 1.82) is 0 Å². The zero-order valence-corrected chi connectivity index (χ0v) is 13.8. The highest BCUT2D eigenvalue weighted by molar-refractivity contribution is 7.89. The summed E-state index contributed by atoms with van der Waals surface area (Å²) in [7, 11) is -1.75. The maximum absolute atomic E-state index is 12.2. The molecule has 116 valence electrons. The van der Waals surface area contributed by atoms with Gasteiger partial charge in [0.25, 0.3) is 0 Å². The van der Waals surface area contributed by atoms with Crippen LogP contribution in [0.1, 0.15) is 31.1 Å². The van der Waals surface area contributed by atoms with Gasteiger partial charge in [0.1, 0.15) is 0 Å². The van der Waals surface area contributed by atoms with Crippen molar-refractivity contribution in [3.05, 3.63) is 16.3 Å². The lowest BCUT2D eigenvalue weighted by molar-refractivity contribution is 0.193. The average Bonchev–Trinajstić information content (AvgIpc) is 2.88. The molecule has 0 saturated heterocycles. The van der Waals surface area contributed by atoms with Crippen LogP contribution in [0.2, 0.25) is 0 Å². The molecule has 2 N–H and O–H groups in total. The third kappa shape index (κ3) is 5.88. The molecule has 0 fully saturated rings. The van der Waals surface area contributed by atoms with Gasteiger partial charge < -0.3 is 10.1 Å². The van der Waals surface area contributed by atoms with Gasteiger partial charge in [-0.05, 0) is 37.3 Å². The van der Waals surface area contributed by atoms with Crippen LogP contribution < -0.4 is 10.0 Å². The van der Waals surface area contributed by atoms with E-state index >= 15 is 0 Å². The summed E-state index contributed by atoms with van der Waals surface area (Å²) in [5.74, 6) is 0. The molecule has 1 heterocycles. The summed E-state index contributed by atoms with van der Waals surface area (Å²) >= 11 is 1.47. The van der Waals surface area contributed by atoms with Gasteiger partial charge in [0, 0.05) is 31.7 Å². The van der Waals surface area contributed by atoms with E-state index in [0.29, 0.717) is 24.6 Å². The summed E-state index contributed by atoms with van der Waals surface area (Å²) < 4.78 is 32.0. The molecule has 0 spiro atoms. The molecule has 0 aliphatic carbocycles. The Hall–Kier alpha value is -0.470. The van der Waals surface area contributed by atoms with Crippen LogP contribution in [0.3, 0.4) is 0 Å².